The highest BCUT2D eigenvalue weighted by molar-refractivity contribution is 6.35. The van der Waals surface area contributed by atoms with Crippen molar-refractivity contribution in [1.29, 1.82) is 0 Å². The third kappa shape index (κ3) is 3.73. The molecule has 160 valence electrons. The van der Waals surface area contributed by atoms with Gasteiger partial charge in [0.1, 0.15) is 5.82 Å². The van der Waals surface area contributed by atoms with E-state index in [9.17, 15) is 14.4 Å². The zero-order chi connectivity index (χ0) is 22.0. The van der Waals surface area contributed by atoms with Gasteiger partial charge in [-0.1, -0.05) is 30.7 Å². The number of nitrogens with two attached hydrogens (primary N) is 1. The molecule has 0 aliphatic rings. The number of rotatable bonds is 7. The van der Waals surface area contributed by atoms with Crippen LogP contribution in [0.25, 0.3) is 11.0 Å². The van der Waals surface area contributed by atoms with Crippen molar-refractivity contribution in [3.05, 3.63) is 55.4 Å². The molecule has 2 aromatic heterocycles. The van der Waals surface area contributed by atoms with Crippen LogP contribution in [0.4, 0.5) is 11.5 Å². The van der Waals surface area contributed by atoms with Crippen LogP contribution < -0.4 is 21.9 Å². The van der Waals surface area contributed by atoms with Crippen LogP contribution in [0.1, 0.15) is 29.5 Å². The lowest BCUT2D eigenvalue weighted by Gasteiger charge is -2.23. The van der Waals surface area contributed by atoms with Gasteiger partial charge in [-0.3, -0.25) is 24.0 Å². The van der Waals surface area contributed by atoms with E-state index in [2.05, 4.69) is 4.98 Å². The number of fused-ring (bicyclic) bond motifs is 1. The molecule has 0 spiro atoms. The fourth-order valence-corrected chi connectivity index (χ4v) is 3.53. The maximum atomic E-state index is 13.4. The molecule has 0 aliphatic carbocycles. The Morgan fingerprint density at radius 3 is 2.73 bits per heavy atom. The first kappa shape index (κ1) is 21.7. The lowest BCUT2D eigenvalue weighted by molar-refractivity contribution is 0.0950. The third-order valence-electron chi connectivity index (χ3n) is 4.81. The number of hydrogen-bond donors (Lipinski definition) is 2. The van der Waals surface area contributed by atoms with Crippen molar-refractivity contribution < 1.29 is 13.9 Å². The molecule has 2 heterocycles. The minimum atomic E-state index is -0.763. The summed E-state index contributed by atoms with van der Waals surface area (Å²) in [7, 11) is 1.47. The number of aryl methyl sites for hydroxylation is 1. The zero-order valence-electron chi connectivity index (χ0n) is 17.0. The maximum Gasteiger partial charge on any atom is 0.330 e. The Hall–Kier alpha value is -3.04. The summed E-state index contributed by atoms with van der Waals surface area (Å²) in [6, 6.07) is 5.21. The van der Waals surface area contributed by atoms with Crippen molar-refractivity contribution in [2.45, 2.75) is 26.8 Å². The highest BCUT2D eigenvalue weighted by atomic mass is 35.5. The first-order valence-electron chi connectivity index (χ1n) is 9.42. The fourth-order valence-electron chi connectivity index (χ4n) is 3.32. The number of H-pyrrole nitrogens is 1. The van der Waals surface area contributed by atoms with Gasteiger partial charge in [-0.25, -0.2) is 4.79 Å². The van der Waals surface area contributed by atoms with Gasteiger partial charge in [-0.05, 0) is 19.4 Å². The van der Waals surface area contributed by atoms with E-state index in [0.29, 0.717) is 34.5 Å². The normalized spacial score (nSPS) is 11.2. The second-order valence-corrected chi connectivity index (χ2v) is 7.17. The topological polar surface area (TPSA) is 124 Å². The summed E-state index contributed by atoms with van der Waals surface area (Å²) in [5.74, 6) is -0.654. The number of carbonyl (C=O) groups excluding carboxylic acids is 1. The quantitative estimate of drug-likeness (QED) is 0.588. The van der Waals surface area contributed by atoms with E-state index in [4.69, 9.17) is 26.5 Å². The highest BCUT2D eigenvalue weighted by Gasteiger charge is 2.29. The van der Waals surface area contributed by atoms with E-state index >= 15 is 0 Å². The Morgan fingerprint density at radius 1 is 1.37 bits per heavy atom. The molecule has 0 bridgehead atoms. The van der Waals surface area contributed by atoms with E-state index < -0.39 is 17.2 Å². The molecule has 0 aliphatic heterocycles. The predicted octanol–water partition coefficient (Wildman–Crippen LogP) is 2.53. The number of amides is 1. The number of carbonyl (C=O) groups is 1. The minimum Gasteiger partial charge on any atom is -0.449 e. The van der Waals surface area contributed by atoms with Crippen molar-refractivity contribution in [3.63, 3.8) is 0 Å². The third-order valence-corrected chi connectivity index (χ3v) is 5.10. The number of aromatic nitrogens is 2. The molecular weight excluding hydrogens is 412 g/mol. The van der Waals surface area contributed by atoms with Crippen LogP contribution in [0, 0.1) is 6.92 Å². The number of aromatic amines is 1. The number of hydrogen-bond acceptors (Lipinski definition) is 6. The lowest BCUT2D eigenvalue weighted by Crippen LogP contribution is -2.42. The van der Waals surface area contributed by atoms with Crippen molar-refractivity contribution in [3.8, 4) is 0 Å². The molecule has 1 amide bonds. The Bertz CT molecular complexity index is 1210. The SMILES string of the molecule is CCCn1c(N)c(N(CCOC)C(=O)c2oc3c(Cl)cccc3c2C)c(=O)[nH]c1=O. The molecule has 1 aromatic carbocycles. The first-order valence-corrected chi connectivity index (χ1v) is 9.80. The van der Waals surface area contributed by atoms with E-state index in [1.807, 2.05) is 6.92 Å². The Morgan fingerprint density at radius 2 is 2.10 bits per heavy atom. The molecule has 3 N–H and O–H groups in total. The van der Waals surface area contributed by atoms with Crippen LogP contribution in [0.15, 0.2) is 32.2 Å². The number of benzene rings is 1. The van der Waals surface area contributed by atoms with Gasteiger partial charge in [0.15, 0.2) is 17.0 Å². The predicted molar refractivity (Wildman–Crippen MR) is 116 cm³/mol. The van der Waals surface area contributed by atoms with Gasteiger partial charge >= 0.3 is 5.69 Å². The highest BCUT2D eigenvalue weighted by Crippen LogP contribution is 2.32. The number of halogens is 1. The van der Waals surface area contributed by atoms with Crippen molar-refractivity contribution in [2.24, 2.45) is 0 Å². The van der Waals surface area contributed by atoms with Crippen LogP contribution in [0.3, 0.4) is 0 Å². The first-order chi connectivity index (χ1) is 14.3. The molecule has 0 unspecified atom stereocenters. The van der Waals surface area contributed by atoms with Crippen LogP contribution in [0.5, 0.6) is 0 Å². The smallest absolute Gasteiger partial charge is 0.330 e. The van der Waals surface area contributed by atoms with Crippen molar-refractivity contribution in [1.82, 2.24) is 9.55 Å². The van der Waals surface area contributed by atoms with Crippen LogP contribution >= 0.6 is 11.6 Å². The molecule has 0 fully saturated rings. The van der Waals surface area contributed by atoms with Gasteiger partial charge in [0, 0.05) is 24.6 Å². The van der Waals surface area contributed by atoms with Gasteiger partial charge in [0.2, 0.25) is 0 Å². The molecule has 0 saturated heterocycles. The summed E-state index contributed by atoms with van der Waals surface area (Å²) in [4.78, 5) is 41.6. The number of anilines is 2. The number of methoxy groups -OCH3 is 1. The maximum absolute atomic E-state index is 13.4. The molecule has 10 heteroatoms. The summed E-state index contributed by atoms with van der Waals surface area (Å²) < 4.78 is 12.1. The lowest BCUT2D eigenvalue weighted by atomic mass is 10.1. The molecular formula is C20H23ClN4O5. The summed E-state index contributed by atoms with van der Waals surface area (Å²) >= 11 is 6.20. The molecule has 0 radical (unpaired) electrons. The minimum absolute atomic E-state index is 0.0250. The largest absolute Gasteiger partial charge is 0.449 e. The van der Waals surface area contributed by atoms with Gasteiger partial charge in [0.05, 0.1) is 18.2 Å². The fraction of sp³-hybridized carbons (Fsp3) is 0.350. The summed E-state index contributed by atoms with van der Waals surface area (Å²) in [6.07, 6.45) is 0.614. The van der Waals surface area contributed by atoms with E-state index in [1.54, 1.807) is 25.1 Å². The van der Waals surface area contributed by atoms with E-state index in [1.165, 1.54) is 16.6 Å². The van der Waals surface area contributed by atoms with Crippen LogP contribution in [-0.2, 0) is 11.3 Å². The average molecular weight is 435 g/mol. The molecule has 9 nitrogen and oxygen atoms in total. The number of para-hydroxylation sites is 1. The monoisotopic (exact) mass is 434 g/mol. The second-order valence-electron chi connectivity index (χ2n) is 6.77. The molecule has 0 saturated carbocycles. The zero-order valence-corrected chi connectivity index (χ0v) is 17.7. The van der Waals surface area contributed by atoms with Crippen molar-refractivity contribution >= 4 is 40.0 Å². The van der Waals surface area contributed by atoms with Gasteiger partial charge in [0.25, 0.3) is 11.5 Å². The summed E-state index contributed by atoms with van der Waals surface area (Å²) in [5.41, 5.74) is 5.59. The number of furan rings is 1. The Kier molecular flexibility index (Phi) is 6.33. The van der Waals surface area contributed by atoms with Gasteiger partial charge in [-0.15, -0.1) is 0 Å². The summed E-state index contributed by atoms with van der Waals surface area (Å²) in [6.45, 7) is 4.05. The van der Waals surface area contributed by atoms with Crippen molar-refractivity contribution in [2.75, 3.05) is 30.9 Å². The number of nitrogens with zero attached hydrogens (tertiary/aromatic N) is 2. The molecule has 3 aromatic rings. The average Bonchev–Trinajstić information content (AvgIpc) is 3.05. The Balaban J connectivity index is 2.19. The van der Waals surface area contributed by atoms with E-state index in [-0.39, 0.29) is 30.4 Å². The molecule has 0 atom stereocenters. The summed E-state index contributed by atoms with van der Waals surface area (Å²) in [5, 5.41) is 1.06. The van der Waals surface area contributed by atoms with Gasteiger partial charge < -0.3 is 14.9 Å². The van der Waals surface area contributed by atoms with Crippen LogP contribution in [0.2, 0.25) is 5.02 Å². The number of nitrogens with one attached hydrogen (secondary N) is 1. The molecule has 30 heavy (non-hydrogen) atoms. The molecule has 3 rings (SSSR count). The van der Waals surface area contributed by atoms with E-state index in [0.717, 1.165) is 0 Å². The number of ether oxygens (including phenoxy) is 1. The van der Waals surface area contributed by atoms with Crippen LogP contribution in [-0.4, -0.2) is 35.7 Å². The van der Waals surface area contributed by atoms with Gasteiger partial charge in [-0.2, -0.15) is 0 Å². The second kappa shape index (κ2) is 8.76. The number of nitrogen functional groups attached to an aromatic ring is 1. The Labute approximate surface area is 177 Å². The standard InChI is InChI=1S/C20H23ClN4O5/c1-4-8-25-17(22)14(18(26)23-20(25)28)24(9-10-29-3)19(27)15-11(2)12-6-5-7-13(21)16(12)30-15/h5-7H,4,8-10,22H2,1-3H3,(H,23,26,28).